The minimum Gasteiger partial charge on any atom is -0.349 e. The van der Waals surface area contributed by atoms with E-state index in [-0.39, 0.29) is 11.9 Å². The van der Waals surface area contributed by atoms with E-state index in [1.807, 2.05) is 18.2 Å². The molecular formula is C36H35NOSi. The van der Waals surface area contributed by atoms with Crippen LogP contribution in [-0.2, 0) is 11.2 Å². The Balaban J connectivity index is 1.45. The van der Waals surface area contributed by atoms with Gasteiger partial charge in [-0.25, -0.2) is 0 Å². The van der Waals surface area contributed by atoms with Gasteiger partial charge in [0.25, 0.3) is 0 Å². The zero-order valence-electron chi connectivity index (χ0n) is 22.5. The van der Waals surface area contributed by atoms with Crippen LogP contribution in [-0.4, -0.2) is 14.0 Å². The lowest BCUT2D eigenvalue weighted by Gasteiger charge is -2.34. The zero-order valence-corrected chi connectivity index (χ0v) is 23.5. The third-order valence-corrected chi connectivity index (χ3v) is 12.6. The lowest BCUT2D eigenvalue weighted by molar-refractivity contribution is -0.121. The van der Waals surface area contributed by atoms with Gasteiger partial charge in [0, 0.05) is 6.42 Å². The molecule has 1 N–H and O–H groups in total. The van der Waals surface area contributed by atoms with Crippen molar-refractivity contribution in [2.24, 2.45) is 0 Å². The summed E-state index contributed by atoms with van der Waals surface area (Å²) in [7, 11) is -2.46. The number of rotatable bonds is 10. The molecule has 1 amide bonds. The average Bonchev–Trinajstić information content (AvgIpc) is 3.00. The summed E-state index contributed by atoms with van der Waals surface area (Å²) in [6.45, 7) is 2.10. The van der Waals surface area contributed by atoms with Crippen molar-refractivity contribution in [1.29, 1.82) is 0 Å². The van der Waals surface area contributed by atoms with Gasteiger partial charge in [-0.3, -0.25) is 4.79 Å². The molecule has 0 heterocycles. The molecule has 0 aromatic heterocycles. The molecule has 0 saturated heterocycles. The maximum Gasteiger partial charge on any atom is 0.220 e. The number of hydrogen-bond acceptors (Lipinski definition) is 1. The lowest BCUT2D eigenvalue weighted by Crippen LogP contribution is -2.67. The summed E-state index contributed by atoms with van der Waals surface area (Å²) < 4.78 is 0. The summed E-state index contributed by atoms with van der Waals surface area (Å²) in [6, 6.07) is 52.0. The van der Waals surface area contributed by atoms with Gasteiger partial charge in [-0.2, -0.15) is 0 Å². The molecule has 39 heavy (non-hydrogen) atoms. The molecule has 0 saturated carbocycles. The summed E-state index contributed by atoms with van der Waals surface area (Å²) in [6.07, 6.45) is 1.22. The number of hydrogen-bond donors (Lipinski definition) is 1. The summed E-state index contributed by atoms with van der Waals surface area (Å²) in [4.78, 5) is 13.7. The molecule has 0 fully saturated rings. The Bertz CT molecular complexity index is 1360. The molecule has 5 rings (SSSR count). The minimum absolute atomic E-state index is 0.0809. The van der Waals surface area contributed by atoms with Gasteiger partial charge in [0.15, 0.2) is 0 Å². The van der Waals surface area contributed by atoms with E-state index in [9.17, 15) is 4.79 Å². The second-order valence-electron chi connectivity index (χ2n) is 10.2. The van der Waals surface area contributed by atoms with Gasteiger partial charge in [0.1, 0.15) is 8.07 Å². The number of amides is 1. The minimum atomic E-state index is -2.46. The first-order valence-corrected chi connectivity index (χ1v) is 15.9. The Morgan fingerprint density at radius 1 is 0.615 bits per heavy atom. The van der Waals surface area contributed by atoms with Crippen LogP contribution in [0, 0.1) is 6.92 Å². The summed E-state index contributed by atoms with van der Waals surface area (Å²) in [5, 5.41) is 7.39. The molecule has 5 aromatic carbocycles. The van der Waals surface area contributed by atoms with E-state index in [0.29, 0.717) is 6.42 Å². The van der Waals surface area contributed by atoms with Gasteiger partial charge < -0.3 is 5.32 Å². The highest BCUT2D eigenvalue weighted by atomic mass is 28.3. The van der Waals surface area contributed by atoms with Crippen molar-refractivity contribution in [3.8, 4) is 0 Å². The smallest absolute Gasteiger partial charge is 0.220 e. The van der Waals surface area contributed by atoms with Crippen molar-refractivity contribution in [1.82, 2.24) is 5.32 Å². The van der Waals surface area contributed by atoms with Crippen LogP contribution in [0.25, 0.3) is 0 Å². The molecule has 3 heteroatoms. The Labute approximate surface area is 233 Å². The lowest BCUT2D eigenvalue weighted by atomic mass is 9.98. The molecule has 1 atom stereocenters. The number of nitrogens with one attached hydrogen (secondary N) is 1. The number of aryl methyl sites for hydroxylation is 1. The molecule has 0 bridgehead atoms. The normalized spacial score (nSPS) is 12.0. The van der Waals surface area contributed by atoms with Gasteiger partial charge in [0.05, 0.1) is 6.04 Å². The van der Waals surface area contributed by atoms with E-state index in [1.165, 1.54) is 26.7 Å². The molecule has 1 unspecified atom stereocenters. The van der Waals surface area contributed by atoms with Crippen LogP contribution in [0.4, 0.5) is 0 Å². The van der Waals surface area contributed by atoms with Crippen LogP contribution in [0.5, 0.6) is 0 Å². The maximum atomic E-state index is 13.7. The van der Waals surface area contributed by atoms with E-state index in [1.54, 1.807) is 0 Å². The van der Waals surface area contributed by atoms with Crippen molar-refractivity contribution in [2.75, 3.05) is 0 Å². The fourth-order valence-corrected chi connectivity index (χ4v) is 10.3. The second-order valence-corrected chi connectivity index (χ2v) is 14.3. The fraction of sp³-hybridized carbons (Fsp3) is 0.139. The highest BCUT2D eigenvalue weighted by Crippen LogP contribution is 2.21. The number of carbonyl (C=O) groups is 1. The molecule has 0 aliphatic carbocycles. The van der Waals surface area contributed by atoms with Gasteiger partial charge in [-0.1, -0.05) is 151 Å². The van der Waals surface area contributed by atoms with Crippen LogP contribution in [0.3, 0.4) is 0 Å². The molecule has 194 valence electrons. The highest BCUT2D eigenvalue weighted by Gasteiger charge is 2.39. The maximum absolute atomic E-state index is 13.7. The molecule has 0 aliphatic rings. The fourth-order valence-electron chi connectivity index (χ4n) is 5.57. The molecule has 2 nitrogen and oxygen atoms in total. The summed E-state index contributed by atoms with van der Waals surface area (Å²) >= 11 is 0. The monoisotopic (exact) mass is 525 g/mol. The Morgan fingerprint density at radius 3 is 1.51 bits per heavy atom. The van der Waals surface area contributed by atoms with Crippen molar-refractivity contribution in [3.63, 3.8) is 0 Å². The topological polar surface area (TPSA) is 29.1 Å². The van der Waals surface area contributed by atoms with Crippen LogP contribution in [0.2, 0.25) is 6.04 Å². The average molecular weight is 526 g/mol. The van der Waals surface area contributed by atoms with Crippen LogP contribution < -0.4 is 20.9 Å². The largest absolute Gasteiger partial charge is 0.349 e. The second kappa shape index (κ2) is 12.6. The molecule has 0 aliphatic heterocycles. The van der Waals surface area contributed by atoms with Gasteiger partial charge in [-0.15, -0.1) is 0 Å². The summed E-state index contributed by atoms with van der Waals surface area (Å²) in [5.41, 5.74) is 3.59. The first-order chi connectivity index (χ1) is 19.1. The van der Waals surface area contributed by atoms with E-state index < -0.39 is 8.07 Å². The Kier molecular flexibility index (Phi) is 8.50. The van der Waals surface area contributed by atoms with Crippen molar-refractivity contribution >= 4 is 29.5 Å². The number of carbonyl (C=O) groups excluding carboxylic acids is 1. The Morgan fingerprint density at radius 2 is 1.05 bits per heavy atom. The molecular weight excluding hydrogens is 490 g/mol. The standard InChI is InChI=1S/C36H35NOSi/c1-29-22-24-30(25-23-29)28-35(31-14-6-2-7-15-31)37-36(38)26-27-39(32-16-8-3-9-17-32,33-18-10-4-11-19-33)34-20-12-5-13-21-34/h2-25,35H,26-28H2,1H3,(H,37,38). The van der Waals surface area contributed by atoms with Crippen LogP contribution >= 0.6 is 0 Å². The first kappa shape index (κ1) is 26.4. The highest BCUT2D eigenvalue weighted by molar-refractivity contribution is 7.11. The van der Waals surface area contributed by atoms with E-state index in [2.05, 4.69) is 140 Å². The van der Waals surface area contributed by atoms with Crippen molar-refractivity contribution in [2.45, 2.75) is 31.9 Å². The van der Waals surface area contributed by atoms with Gasteiger partial charge in [0.2, 0.25) is 5.91 Å². The predicted octanol–water partition coefficient (Wildman–Crippen LogP) is 5.96. The molecule has 0 spiro atoms. The Hall–Kier alpha value is -4.21. The SMILES string of the molecule is Cc1ccc(CC(NC(=O)CC[Si](c2ccccc2)(c2ccccc2)c2ccccc2)c2ccccc2)cc1. The summed E-state index contributed by atoms with van der Waals surface area (Å²) in [5.74, 6) is 0.0932. The third-order valence-electron chi connectivity index (χ3n) is 7.62. The van der Waals surface area contributed by atoms with E-state index in [0.717, 1.165) is 18.0 Å². The predicted molar refractivity (Wildman–Crippen MR) is 166 cm³/mol. The third kappa shape index (κ3) is 6.27. The number of benzene rings is 5. The van der Waals surface area contributed by atoms with Crippen molar-refractivity contribution in [3.05, 3.63) is 162 Å². The van der Waals surface area contributed by atoms with E-state index in [4.69, 9.17) is 0 Å². The van der Waals surface area contributed by atoms with Crippen LogP contribution in [0.1, 0.15) is 29.2 Å². The van der Waals surface area contributed by atoms with Crippen molar-refractivity contribution < 1.29 is 4.79 Å². The zero-order chi connectivity index (χ0) is 26.9. The van der Waals surface area contributed by atoms with Crippen LogP contribution in [0.15, 0.2) is 146 Å². The molecule has 0 radical (unpaired) electrons. The first-order valence-electron chi connectivity index (χ1n) is 13.7. The quantitative estimate of drug-likeness (QED) is 0.177. The van der Waals surface area contributed by atoms with Gasteiger partial charge >= 0.3 is 0 Å². The van der Waals surface area contributed by atoms with Gasteiger partial charge in [-0.05, 0) is 46.1 Å². The molecule has 5 aromatic rings. The van der Waals surface area contributed by atoms with E-state index >= 15 is 0 Å².